The first-order chi connectivity index (χ1) is 14.8. The van der Waals surface area contributed by atoms with Gasteiger partial charge in [-0.1, -0.05) is 12.5 Å². The molecule has 1 aliphatic carbocycles. The van der Waals surface area contributed by atoms with Gasteiger partial charge in [-0.15, -0.1) is 0 Å². The van der Waals surface area contributed by atoms with E-state index in [4.69, 9.17) is 0 Å². The lowest BCUT2D eigenvalue weighted by molar-refractivity contribution is -0.117. The van der Waals surface area contributed by atoms with Gasteiger partial charge in [0, 0.05) is 35.9 Å². The number of anilines is 2. The van der Waals surface area contributed by atoms with Gasteiger partial charge in [0.1, 0.15) is 0 Å². The lowest BCUT2D eigenvalue weighted by Crippen LogP contribution is -2.36. The number of sulfonamides is 1. The van der Waals surface area contributed by atoms with Gasteiger partial charge in [-0.3, -0.25) is 9.59 Å². The highest BCUT2D eigenvalue weighted by molar-refractivity contribution is 7.89. The molecule has 1 saturated carbocycles. The summed E-state index contributed by atoms with van der Waals surface area (Å²) in [7, 11) is -3.59. The second-order valence-electron chi connectivity index (χ2n) is 8.24. The highest BCUT2D eigenvalue weighted by atomic mass is 32.2. The van der Waals surface area contributed by atoms with E-state index in [1.54, 1.807) is 43.3 Å². The summed E-state index contributed by atoms with van der Waals surface area (Å²) in [6.07, 6.45) is 4.64. The Balaban J connectivity index is 1.47. The second-order valence-corrected chi connectivity index (χ2v) is 10.1. The SMILES string of the molecule is Cc1ccc(NC(=O)c2ccc(NC(=O)C3CC3)cc2)cc1S(=O)(=O)N1CCCCC1. The number of carbonyl (C=O) groups excluding carboxylic acids is 2. The van der Waals surface area contributed by atoms with Crippen LogP contribution < -0.4 is 10.6 Å². The van der Waals surface area contributed by atoms with Gasteiger partial charge in [-0.25, -0.2) is 8.42 Å². The number of hydrogen-bond acceptors (Lipinski definition) is 4. The summed E-state index contributed by atoms with van der Waals surface area (Å²) in [5.41, 5.74) is 2.15. The molecule has 0 spiro atoms. The molecule has 2 N–H and O–H groups in total. The van der Waals surface area contributed by atoms with Crippen molar-refractivity contribution in [2.45, 2.75) is 43.9 Å². The van der Waals surface area contributed by atoms with Crippen molar-refractivity contribution in [3.05, 3.63) is 53.6 Å². The lowest BCUT2D eigenvalue weighted by Gasteiger charge is -2.26. The molecule has 0 bridgehead atoms. The number of benzene rings is 2. The number of nitrogens with zero attached hydrogens (tertiary/aromatic N) is 1. The Labute approximate surface area is 182 Å². The minimum Gasteiger partial charge on any atom is -0.326 e. The minimum absolute atomic E-state index is 0.0132. The first-order valence-corrected chi connectivity index (χ1v) is 12.1. The quantitative estimate of drug-likeness (QED) is 0.713. The predicted molar refractivity (Wildman–Crippen MR) is 120 cm³/mol. The summed E-state index contributed by atoms with van der Waals surface area (Å²) in [5, 5.41) is 5.62. The Kier molecular flexibility index (Phi) is 6.11. The van der Waals surface area contributed by atoms with Crippen LogP contribution in [0.25, 0.3) is 0 Å². The van der Waals surface area contributed by atoms with Crippen LogP contribution >= 0.6 is 0 Å². The molecule has 1 heterocycles. The van der Waals surface area contributed by atoms with E-state index in [0.29, 0.717) is 35.6 Å². The Morgan fingerprint density at radius 3 is 2.19 bits per heavy atom. The summed E-state index contributed by atoms with van der Waals surface area (Å²) in [4.78, 5) is 24.7. The summed E-state index contributed by atoms with van der Waals surface area (Å²) in [6, 6.07) is 11.6. The van der Waals surface area contributed by atoms with Gasteiger partial charge in [0.25, 0.3) is 5.91 Å². The number of carbonyl (C=O) groups is 2. The molecule has 31 heavy (non-hydrogen) atoms. The van der Waals surface area contributed by atoms with Gasteiger partial charge >= 0.3 is 0 Å². The van der Waals surface area contributed by atoms with Crippen molar-refractivity contribution in [2.75, 3.05) is 23.7 Å². The molecule has 4 rings (SSSR count). The Hall–Kier alpha value is -2.71. The van der Waals surface area contributed by atoms with E-state index in [-0.39, 0.29) is 22.6 Å². The number of nitrogens with one attached hydrogen (secondary N) is 2. The fraction of sp³-hybridized carbons (Fsp3) is 0.391. The maximum absolute atomic E-state index is 13.1. The standard InChI is InChI=1S/C23H27N3O4S/c1-16-5-10-20(15-21(16)31(29,30)26-13-3-2-4-14-26)25-23(28)18-8-11-19(12-9-18)24-22(27)17-6-7-17/h5,8-12,15,17H,2-4,6-7,13-14H2,1H3,(H,24,27)(H,25,28). The zero-order chi connectivity index (χ0) is 22.0. The van der Waals surface area contributed by atoms with Crippen LogP contribution in [0.4, 0.5) is 11.4 Å². The van der Waals surface area contributed by atoms with Gasteiger partial charge in [0.2, 0.25) is 15.9 Å². The topological polar surface area (TPSA) is 95.6 Å². The Morgan fingerprint density at radius 2 is 1.55 bits per heavy atom. The van der Waals surface area contributed by atoms with Gasteiger partial charge in [0.05, 0.1) is 4.90 Å². The van der Waals surface area contributed by atoms with Gasteiger partial charge in [-0.05, 0) is 74.6 Å². The van der Waals surface area contributed by atoms with Crippen molar-refractivity contribution in [1.29, 1.82) is 0 Å². The summed E-state index contributed by atoms with van der Waals surface area (Å²) < 4.78 is 27.7. The number of hydrogen-bond donors (Lipinski definition) is 2. The molecule has 164 valence electrons. The highest BCUT2D eigenvalue weighted by Gasteiger charge is 2.30. The van der Waals surface area contributed by atoms with E-state index in [0.717, 1.165) is 32.1 Å². The molecule has 7 nitrogen and oxygen atoms in total. The average molecular weight is 442 g/mol. The van der Waals surface area contributed by atoms with Crippen molar-refractivity contribution < 1.29 is 18.0 Å². The zero-order valence-corrected chi connectivity index (χ0v) is 18.4. The van der Waals surface area contributed by atoms with E-state index in [1.165, 1.54) is 10.4 Å². The summed E-state index contributed by atoms with van der Waals surface area (Å²) in [6.45, 7) is 2.82. The minimum atomic E-state index is -3.59. The third-order valence-corrected chi connectivity index (χ3v) is 7.78. The van der Waals surface area contributed by atoms with Crippen LogP contribution in [0.1, 0.15) is 48.0 Å². The van der Waals surface area contributed by atoms with E-state index in [1.807, 2.05) is 0 Å². The lowest BCUT2D eigenvalue weighted by atomic mass is 10.1. The fourth-order valence-electron chi connectivity index (χ4n) is 3.70. The molecule has 2 aromatic rings. The predicted octanol–water partition coefficient (Wildman–Crippen LogP) is 3.77. The normalized spacial score (nSPS) is 17.2. The van der Waals surface area contributed by atoms with Crippen molar-refractivity contribution in [1.82, 2.24) is 4.31 Å². The molecule has 8 heteroatoms. The first kappa shape index (κ1) is 21.5. The van der Waals surface area contributed by atoms with Crippen LogP contribution in [0.5, 0.6) is 0 Å². The molecule has 1 saturated heterocycles. The molecule has 0 atom stereocenters. The number of rotatable bonds is 6. The summed E-state index contributed by atoms with van der Waals surface area (Å²) in [5.74, 6) is -0.218. The molecule has 2 amide bonds. The van der Waals surface area contributed by atoms with Gasteiger partial charge < -0.3 is 10.6 Å². The molecule has 2 fully saturated rings. The Morgan fingerprint density at radius 1 is 0.903 bits per heavy atom. The molecule has 1 aliphatic heterocycles. The van der Waals surface area contributed by atoms with Crippen molar-refractivity contribution >= 4 is 33.2 Å². The number of aryl methyl sites for hydroxylation is 1. The van der Waals surface area contributed by atoms with E-state index in [2.05, 4.69) is 10.6 Å². The van der Waals surface area contributed by atoms with E-state index >= 15 is 0 Å². The molecular weight excluding hydrogens is 414 g/mol. The van der Waals surface area contributed by atoms with Crippen LogP contribution in [0.15, 0.2) is 47.4 Å². The molecule has 0 radical (unpaired) electrons. The van der Waals surface area contributed by atoms with E-state index in [9.17, 15) is 18.0 Å². The first-order valence-electron chi connectivity index (χ1n) is 10.7. The third-order valence-electron chi connectivity index (χ3n) is 5.74. The molecule has 2 aliphatic rings. The Bertz CT molecular complexity index is 1090. The highest BCUT2D eigenvalue weighted by Crippen LogP contribution is 2.30. The average Bonchev–Trinajstić information content (AvgIpc) is 3.62. The summed E-state index contributed by atoms with van der Waals surface area (Å²) >= 11 is 0. The fourth-order valence-corrected chi connectivity index (χ4v) is 5.47. The maximum Gasteiger partial charge on any atom is 0.255 e. The van der Waals surface area contributed by atoms with Crippen LogP contribution in [-0.2, 0) is 14.8 Å². The van der Waals surface area contributed by atoms with Crippen molar-refractivity contribution in [3.63, 3.8) is 0 Å². The van der Waals surface area contributed by atoms with Gasteiger partial charge in [-0.2, -0.15) is 4.31 Å². The van der Waals surface area contributed by atoms with Crippen LogP contribution in [-0.4, -0.2) is 37.6 Å². The number of amides is 2. The largest absolute Gasteiger partial charge is 0.326 e. The molecule has 0 unspecified atom stereocenters. The van der Waals surface area contributed by atoms with E-state index < -0.39 is 10.0 Å². The van der Waals surface area contributed by atoms with Crippen molar-refractivity contribution in [3.8, 4) is 0 Å². The third kappa shape index (κ3) is 4.97. The molecule has 2 aromatic carbocycles. The second kappa shape index (κ2) is 8.80. The maximum atomic E-state index is 13.1. The smallest absolute Gasteiger partial charge is 0.255 e. The van der Waals surface area contributed by atoms with Crippen LogP contribution in [0.2, 0.25) is 0 Å². The molecule has 0 aromatic heterocycles. The molecular formula is C23H27N3O4S. The monoisotopic (exact) mass is 441 g/mol. The number of piperidine rings is 1. The van der Waals surface area contributed by atoms with Crippen LogP contribution in [0.3, 0.4) is 0 Å². The van der Waals surface area contributed by atoms with Gasteiger partial charge in [0.15, 0.2) is 0 Å². The van der Waals surface area contributed by atoms with Crippen molar-refractivity contribution in [2.24, 2.45) is 5.92 Å². The zero-order valence-electron chi connectivity index (χ0n) is 17.6. The van der Waals surface area contributed by atoms with Crippen LogP contribution in [0, 0.1) is 12.8 Å².